The van der Waals surface area contributed by atoms with Gasteiger partial charge >= 0.3 is 6.03 Å². The molecule has 1 spiro atoms. The molecule has 180 valence electrons. The Balaban J connectivity index is 1.34. The summed E-state index contributed by atoms with van der Waals surface area (Å²) >= 11 is 1.41. The van der Waals surface area contributed by atoms with Gasteiger partial charge < -0.3 is 15.0 Å². The minimum absolute atomic E-state index is 0.199. The molecule has 10 heteroatoms. The molecule has 0 atom stereocenters. The van der Waals surface area contributed by atoms with Crippen LogP contribution in [0.3, 0.4) is 0 Å². The number of aromatic nitrogens is 3. The van der Waals surface area contributed by atoms with Gasteiger partial charge in [-0.15, -0.1) is 0 Å². The number of aryl methyl sites for hydroxylation is 1. The van der Waals surface area contributed by atoms with Gasteiger partial charge in [-0.2, -0.15) is 5.26 Å². The van der Waals surface area contributed by atoms with Gasteiger partial charge in [0.05, 0.1) is 47.4 Å². The number of urea groups is 1. The van der Waals surface area contributed by atoms with Crippen LogP contribution in [0, 0.1) is 18.3 Å². The largest absolute Gasteiger partial charge is 0.369 e. The topological polar surface area (TPSA) is 116 Å². The number of carbonyl (C=O) groups excluding carboxylic acids is 1. The molecule has 2 amide bonds. The molecular formula is C26H23N7O2S. The van der Waals surface area contributed by atoms with Crippen LogP contribution in [0.1, 0.15) is 11.3 Å². The van der Waals surface area contributed by atoms with Crippen molar-refractivity contribution in [1.29, 1.82) is 5.26 Å². The SMILES string of the molecule is Cc1ncnc2ccc(-c3sc(NC(=O)N4CC5(CNCCO5)C4)nc3-c3cccc(C#N)c3)cc12. The van der Waals surface area contributed by atoms with Gasteiger partial charge in [-0.3, -0.25) is 5.32 Å². The molecule has 4 aromatic rings. The lowest BCUT2D eigenvalue weighted by Crippen LogP contribution is -2.71. The minimum atomic E-state index is -0.280. The second kappa shape index (κ2) is 8.95. The maximum absolute atomic E-state index is 13.0. The first-order valence-corrected chi connectivity index (χ1v) is 12.5. The monoisotopic (exact) mass is 497 g/mol. The molecule has 36 heavy (non-hydrogen) atoms. The third-order valence-electron chi connectivity index (χ3n) is 6.58. The van der Waals surface area contributed by atoms with Crippen LogP contribution in [0.2, 0.25) is 0 Å². The highest BCUT2D eigenvalue weighted by Crippen LogP contribution is 2.40. The van der Waals surface area contributed by atoms with Gasteiger partial charge in [0.2, 0.25) is 0 Å². The van der Waals surface area contributed by atoms with Crippen molar-refractivity contribution in [2.24, 2.45) is 0 Å². The smallest absolute Gasteiger partial charge is 0.323 e. The number of ether oxygens (including phenoxy) is 1. The van der Waals surface area contributed by atoms with Crippen molar-refractivity contribution in [2.45, 2.75) is 12.5 Å². The molecule has 2 saturated heterocycles. The number of likely N-dealkylation sites (tertiary alicyclic amines) is 1. The average Bonchev–Trinajstić information content (AvgIpc) is 3.31. The van der Waals surface area contributed by atoms with Gasteiger partial charge in [0.1, 0.15) is 11.9 Å². The summed E-state index contributed by atoms with van der Waals surface area (Å²) in [4.78, 5) is 29.1. The standard InChI is InChI=1S/C26H23N7O2S/c1-16-20-10-19(5-6-21(20)30-15-29-16)23-22(18-4-2-3-17(9-18)11-27)31-24(36-23)32-25(34)33-13-26(14-33)12-28-7-8-35-26/h2-6,9-10,15,28H,7-8,12-14H2,1H3,(H,31,32,34). The van der Waals surface area contributed by atoms with E-state index >= 15 is 0 Å². The van der Waals surface area contributed by atoms with E-state index in [2.05, 4.69) is 26.7 Å². The number of hydrogen-bond donors (Lipinski definition) is 2. The Morgan fingerprint density at radius 1 is 1.22 bits per heavy atom. The quantitative estimate of drug-likeness (QED) is 0.442. The van der Waals surface area contributed by atoms with Crippen LogP contribution in [0.4, 0.5) is 9.93 Å². The third kappa shape index (κ3) is 4.07. The van der Waals surface area contributed by atoms with E-state index in [1.807, 2.05) is 43.3 Å². The van der Waals surface area contributed by atoms with Crippen LogP contribution >= 0.6 is 11.3 Å². The summed E-state index contributed by atoms with van der Waals surface area (Å²) in [5.41, 5.74) is 4.49. The summed E-state index contributed by atoms with van der Waals surface area (Å²) < 4.78 is 5.90. The van der Waals surface area contributed by atoms with E-state index in [4.69, 9.17) is 9.72 Å². The zero-order valence-electron chi connectivity index (χ0n) is 19.6. The molecule has 0 aliphatic carbocycles. The van der Waals surface area contributed by atoms with E-state index in [-0.39, 0.29) is 11.6 Å². The third-order valence-corrected chi connectivity index (χ3v) is 7.60. The minimum Gasteiger partial charge on any atom is -0.369 e. The molecule has 2 aliphatic heterocycles. The zero-order chi connectivity index (χ0) is 24.7. The van der Waals surface area contributed by atoms with E-state index in [1.54, 1.807) is 17.3 Å². The lowest BCUT2D eigenvalue weighted by Gasteiger charge is -2.51. The number of nitrogens with one attached hydrogen (secondary N) is 2. The van der Waals surface area contributed by atoms with Crippen LogP contribution < -0.4 is 10.6 Å². The summed E-state index contributed by atoms with van der Waals surface area (Å²) in [5.74, 6) is 0. The fourth-order valence-corrected chi connectivity index (χ4v) is 5.67. The second-order valence-electron chi connectivity index (χ2n) is 9.07. The predicted octanol–water partition coefficient (Wildman–Crippen LogP) is 3.81. The zero-order valence-corrected chi connectivity index (χ0v) is 20.4. The molecular weight excluding hydrogens is 474 g/mol. The molecule has 0 saturated carbocycles. The van der Waals surface area contributed by atoms with Crippen molar-refractivity contribution in [2.75, 3.05) is 38.1 Å². The Kier molecular flexibility index (Phi) is 5.60. The fourth-order valence-electron chi connectivity index (χ4n) is 4.70. The number of hydrogen-bond acceptors (Lipinski definition) is 8. The molecule has 2 N–H and O–H groups in total. The van der Waals surface area contributed by atoms with E-state index < -0.39 is 0 Å². The number of morpholine rings is 1. The van der Waals surface area contributed by atoms with E-state index in [1.165, 1.54) is 11.3 Å². The number of benzene rings is 2. The number of anilines is 1. The predicted molar refractivity (Wildman–Crippen MR) is 138 cm³/mol. The summed E-state index contributed by atoms with van der Waals surface area (Å²) in [6, 6.07) is 15.3. The summed E-state index contributed by atoms with van der Waals surface area (Å²) in [7, 11) is 0. The fraction of sp³-hybridized carbons (Fsp3) is 0.269. The van der Waals surface area contributed by atoms with Crippen LogP contribution in [0.15, 0.2) is 48.8 Å². The second-order valence-corrected chi connectivity index (χ2v) is 10.1. The van der Waals surface area contributed by atoms with Crippen molar-refractivity contribution in [3.05, 3.63) is 60.0 Å². The van der Waals surface area contributed by atoms with Gasteiger partial charge in [0.25, 0.3) is 0 Å². The first-order valence-electron chi connectivity index (χ1n) is 11.7. The molecule has 6 rings (SSSR count). The number of nitrogens with zero attached hydrogens (tertiary/aromatic N) is 5. The van der Waals surface area contributed by atoms with E-state index in [0.29, 0.717) is 36.1 Å². The maximum Gasteiger partial charge on any atom is 0.323 e. The van der Waals surface area contributed by atoms with Gasteiger partial charge in [-0.1, -0.05) is 29.5 Å². The molecule has 4 heterocycles. The average molecular weight is 498 g/mol. The summed E-state index contributed by atoms with van der Waals surface area (Å²) in [6.45, 7) is 5.30. The Bertz CT molecular complexity index is 1510. The van der Waals surface area contributed by atoms with Crippen molar-refractivity contribution in [1.82, 2.24) is 25.2 Å². The lowest BCUT2D eigenvalue weighted by atomic mass is 9.93. The summed E-state index contributed by atoms with van der Waals surface area (Å²) in [6.07, 6.45) is 1.56. The molecule has 0 unspecified atom stereocenters. The Hall–Kier alpha value is -3.91. The molecule has 2 fully saturated rings. The van der Waals surface area contributed by atoms with Crippen molar-refractivity contribution in [3.63, 3.8) is 0 Å². The highest BCUT2D eigenvalue weighted by Gasteiger charge is 2.47. The normalized spacial score (nSPS) is 16.5. The van der Waals surface area contributed by atoms with Gasteiger partial charge in [0, 0.05) is 29.7 Å². The highest BCUT2D eigenvalue weighted by atomic mass is 32.1. The van der Waals surface area contributed by atoms with Crippen LogP contribution in [-0.4, -0.2) is 64.3 Å². The highest BCUT2D eigenvalue weighted by molar-refractivity contribution is 7.19. The molecule has 2 aliphatic rings. The lowest BCUT2D eigenvalue weighted by molar-refractivity contribution is -0.138. The first-order chi connectivity index (χ1) is 17.5. The molecule has 0 bridgehead atoms. The number of amides is 2. The van der Waals surface area contributed by atoms with E-state index in [0.717, 1.165) is 45.7 Å². The number of carbonyl (C=O) groups is 1. The van der Waals surface area contributed by atoms with Gasteiger partial charge in [-0.25, -0.2) is 19.7 Å². The van der Waals surface area contributed by atoms with Crippen molar-refractivity contribution in [3.8, 4) is 27.8 Å². The number of thiazole rings is 1. The Morgan fingerprint density at radius 3 is 2.92 bits per heavy atom. The van der Waals surface area contributed by atoms with Gasteiger partial charge in [0.15, 0.2) is 5.13 Å². The Labute approximate surface area is 211 Å². The number of fused-ring (bicyclic) bond motifs is 1. The van der Waals surface area contributed by atoms with Crippen LogP contribution in [-0.2, 0) is 4.74 Å². The Morgan fingerprint density at radius 2 is 2.11 bits per heavy atom. The number of rotatable bonds is 3. The van der Waals surface area contributed by atoms with E-state index in [9.17, 15) is 10.1 Å². The van der Waals surface area contributed by atoms with Crippen molar-refractivity contribution >= 4 is 33.4 Å². The van der Waals surface area contributed by atoms with Gasteiger partial charge in [-0.05, 0) is 36.8 Å². The number of nitriles is 1. The van der Waals surface area contributed by atoms with Crippen molar-refractivity contribution < 1.29 is 9.53 Å². The molecule has 2 aromatic heterocycles. The van der Waals surface area contributed by atoms with Crippen LogP contribution in [0.25, 0.3) is 32.6 Å². The summed E-state index contributed by atoms with van der Waals surface area (Å²) in [5, 5.41) is 17.2. The molecule has 2 aromatic carbocycles. The molecule has 9 nitrogen and oxygen atoms in total. The maximum atomic E-state index is 13.0. The first kappa shape index (κ1) is 22.5. The molecule has 0 radical (unpaired) electrons. The van der Waals surface area contributed by atoms with Crippen LogP contribution in [0.5, 0.6) is 0 Å².